The molecular formula is C15H29N4O4P. The molecule has 24 heavy (non-hydrogen) atoms. The molecule has 0 aromatic carbocycles. The Morgan fingerprint density at radius 2 is 1.79 bits per heavy atom. The van der Waals surface area contributed by atoms with E-state index in [0.29, 0.717) is 19.6 Å². The molecule has 2 aliphatic heterocycles. The average Bonchev–Trinajstić information content (AvgIpc) is 2.77. The van der Waals surface area contributed by atoms with Gasteiger partial charge in [-0.2, -0.15) is 0 Å². The maximum Gasteiger partial charge on any atom is 0.338 e. The van der Waals surface area contributed by atoms with Gasteiger partial charge in [-0.25, -0.2) is 14.8 Å². The quantitative estimate of drug-likeness (QED) is 0.649. The zero-order valence-corrected chi connectivity index (χ0v) is 15.7. The number of nitrogens with zero attached hydrogens (tertiary/aromatic N) is 2. The second kappa shape index (κ2) is 7.95. The summed E-state index contributed by atoms with van der Waals surface area (Å²) in [6, 6.07) is -0.285. The van der Waals surface area contributed by atoms with E-state index in [0.717, 1.165) is 32.4 Å². The molecule has 2 amide bonds. The van der Waals surface area contributed by atoms with E-state index in [-0.39, 0.29) is 18.0 Å². The number of carbonyl (C=O) groups excluding carboxylic acids is 1. The van der Waals surface area contributed by atoms with Gasteiger partial charge < -0.3 is 14.4 Å². The fraction of sp³-hybridized carbons (Fsp3) is 0.867. The van der Waals surface area contributed by atoms with Gasteiger partial charge in [-0.15, -0.1) is 0 Å². The second-order valence-electron chi connectivity index (χ2n) is 6.36. The fourth-order valence-corrected chi connectivity index (χ4v) is 4.97. The summed E-state index contributed by atoms with van der Waals surface area (Å²) in [5, 5.41) is 14.7. The van der Waals surface area contributed by atoms with Crippen molar-refractivity contribution in [2.24, 2.45) is 0 Å². The van der Waals surface area contributed by atoms with E-state index in [4.69, 9.17) is 14.5 Å². The van der Waals surface area contributed by atoms with Crippen LogP contribution in [-0.2, 0) is 13.6 Å². The molecule has 0 aromatic rings. The van der Waals surface area contributed by atoms with Crippen molar-refractivity contribution in [1.29, 1.82) is 5.41 Å². The Morgan fingerprint density at radius 1 is 1.21 bits per heavy atom. The molecule has 8 nitrogen and oxygen atoms in total. The Bertz CT molecular complexity index is 514. The average molecular weight is 360 g/mol. The van der Waals surface area contributed by atoms with Crippen LogP contribution in [0.3, 0.4) is 0 Å². The summed E-state index contributed by atoms with van der Waals surface area (Å²) in [5.41, 5.74) is -0.863. The van der Waals surface area contributed by atoms with E-state index in [9.17, 15) is 9.36 Å². The smallest absolute Gasteiger partial charge is 0.324 e. The second-order valence-corrected chi connectivity index (χ2v) is 8.54. The summed E-state index contributed by atoms with van der Waals surface area (Å²) in [5.74, 6) is 0.203. The van der Waals surface area contributed by atoms with Crippen molar-refractivity contribution in [3.05, 3.63) is 0 Å². The first-order valence-electron chi connectivity index (χ1n) is 8.69. The van der Waals surface area contributed by atoms with E-state index in [1.54, 1.807) is 20.8 Å². The van der Waals surface area contributed by atoms with Crippen LogP contribution < -0.4 is 5.32 Å². The summed E-state index contributed by atoms with van der Waals surface area (Å²) < 4.78 is 23.2. The number of rotatable bonds is 8. The molecule has 0 bridgehead atoms. The van der Waals surface area contributed by atoms with Crippen LogP contribution in [-0.4, -0.2) is 59.9 Å². The normalized spacial score (nSPS) is 26.0. The highest BCUT2D eigenvalue weighted by atomic mass is 31.2. The Labute approximate surface area is 143 Å². The van der Waals surface area contributed by atoms with Crippen LogP contribution >= 0.6 is 7.60 Å². The number of amidine groups is 1. The van der Waals surface area contributed by atoms with Crippen molar-refractivity contribution in [1.82, 2.24) is 15.3 Å². The zero-order chi connectivity index (χ0) is 17.8. The van der Waals surface area contributed by atoms with Gasteiger partial charge in [0.1, 0.15) is 5.84 Å². The highest BCUT2D eigenvalue weighted by Gasteiger charge is 2.48. The summed E-state index contributed by atoms with van der Waals surface area (Å²) >= 11 is 0. The topological polar surface area (TPSA) is 95.0 Å². The number of piperidine rings is 1. The van der Waals surface area contributed by atoms with E-state index in [1.807, 2.05) is 5.01 Å². The molecule has 0 aliphatic carbocycles. The van der Waals surface area contributed by atoms with Crippen molar-refractivity contribution in [2.75, 3.05) is 32.5 Å². The van der Waals surface area contributed by atoms with Crippen LogP contribution in [0.25, 0.3) is 0 Å². The molecule has 0 spiro atoms. The van der Waals surface area contributed by atoms with Crippen molar-refractivity contribution < 1.29 is 18.4 Å². The Morgan fingerprint density at radius 3 is 2.33 bits per heavy atom. The predicted octanol–water partition coefficient (Wildman–Crippen LogP) is 2.80. The molecule has 1 atom stereocenters. The Hall–Kier alpha value is -0.950. The minimum atomic E-state index is -3.19. The van der Waals surface area contributed by atoms with Crippen LogP contribution in [0, 0.1) is 5.41 Å². The van der Waals surface area contributed by atoms with Crippen LogP contribution in [0.2, 0.25) is 0 Å². The largest absolute Gasteiger partial charge is 0.338 e. The van der Waals surface area contributed by atoms with Gasteiger partial charge >= 0.3 is 13.6 Å². The van der Waals surface area contributed by atoms with Gasteiger partial charge in [0.2, 0.25) is 0 Å². The van der Waals surface area contributed by atoms with Gasteiger partial charge in [0, 0.05) is 13.1 Å². The lowest BCUT2D eigenvalue weighted by Gasteiger charge is -2.34. The van der Waals surface area contributed by atoms with Gasteiger partial charge in [-0.05, 0) is 40.0 Å². The summed E-state index contributed by atoms with van der Waals surface area (Å²) in [4.78, 5) is 12.4. The molecule has 2 saturated heterocycles. The van der Waals surface area contributed by atoms with Crippen LogP contribution in [0.15, 0.2) is 0 Å². The lowest BCUT2D eigenvalue weighted by molar-refractivity contribution is 0.0606. The maximum absolute atomic E-state index is 12.6. The molecule has 1 unspecified atom stereocenters. The van der Waals surface area contributed by atoms with Crippen LogP contribution in [0.5, 0.6) is 0 Å². The first kappa shape index (κ1) is 19.4. The highest BCUT2D eigenvalue weighted by molar-refractivity contribution is 7.53. The number of nitrogens with one attached hydrogen (secondary N) is 2. The number of carbonyl (C=O) groups is 1. The molecule has 138 valence electrons. The number of hydrogen-bond donors (Lipinski definition) is 2. The van der Waals surface area contributed by atoms with Gasteiger partial charge in [0.05, 0.1) is 24.9 Å². The highest BCUT2D eigenvalue weighted by Crippen LogP contribution is 2.49. The first-order chi connectivity index (χ1) is 11.4. The summed E-state index contributed by atoms with van der Waals surface area (Å²) in [6.45, 7) is 7.50. The van der Waals surface area contributed by atoms with Crippen LogP contribution in [0.1, 0.15) is 46.5 Å². The van der Waals surface area contributed by atoms with Gasteiger partial charge in [0.15, 0.2) is 0 Å². The monoisotopic (exact) mass is 360 g/mol. The standard InChI is InChI=1S/C15H29N4O4P/c1-4-22-24(21,23-5-2)12-9-15(3)13(16)19(14(20)17-15)18-10-7-6-8-11-18/h16H,4-12H2,1-3H3,(H,17,20). The molecule has 2 fully saturated rings. The number of amides is 2. The maximum atomic E-state index is 12.6. The molecule has 2 aliphatic rings. The van der Waals surface area contributed by atoms with Crippen molar-refractivity contribution in [2.45, 2.75) is 52.0 Å². The van der Waals surface area contributed by atoms with Crippen molar-refractivity contribution in [3.8, 4) is 0 Å². The molecule has 2 rings (SSSR count). The minimum Gasteiger partial charge on any atom is -0.324 e. The molecule has 0 saturated carbocycles. The number of urea groups is 1. The molecule has 2 N–H and O–H groups in total. The lowest BCUT2D eigenvalue weighted by atomic mass is 9.99. The van der Waals surface area contributed by atoms with Crippen molar-refractivity contribution >= 4 is 19.5 Å². The van der Waals surface area contributed by atoms with E-state index >= 15 is 0 Å². The Balaban J connectivity index is 2.05. The number of hydrazine groups is 1. The summed E-state index contributed by atoms with van der Waals surface area (Å²) in [6.07, 6.45) is 3.71. The third-order valence-corrected chi connectivity index (χ3v) is 6.54. The van der Waals surface area contributed by atoms with E-state index < -0.39 is 13.1 Å². The minimum absolute atomic E-state index is 0.168. The number of hydrogen-bond acceptors (Lipinski definition) is 6. The summed E-state index contributed by atoms with van der Waals surface area (Å²) in [7, 11) is -3.19. The third kappa shape index (κ3) is 4.17. The Kier molecular flexibility index (Phi) is 6.42. The fourth-order valence-electron chi connectivity index (χ4n) is 3.13. The predicted molar refractivity (Wildman–Crippen MR) is 92.3 cm³/mol. The zero-order valence-electron chi connectivity index (χ0n) is 14.8. The van der Waals surface area contributed by atoms with E-state index in [2.05, 4.69) is 5.32 Å². The van der Waals surface area contributed by atoms with Gasteiger partial charge in [0.25, 0.3) is 0 Å². The van der Waals surface area contributed by atoms with Crippen molar-refractivity contribution in [3.63, 3.8) is 0 Å². The molecule has 9 heteroatoms. The first-order valence-corrected chi connectivity index (χ1v) is 10.4. The van der Waals surface area contributed by atoms with E-state index in [1.165, 1.54) is 5.01 Å². The lowest BCUT2D eigenvalue weighted by Crippen LogP contribution is -2.50. The molecule has 2 heterocycles. The van der Waals surface area contributed by atoms with Gasteiger partial charge in [-0.1, -0.05) is 6.42 Å². The third-order valence-electron chi connectivity index (χ3n) is 4.46. The molecule has 0 radical (unpaired) electrons. The van der Waals surface area contributed by atoms with Gasteiger partial charge in [-0.3, -0.25) is 9.97 Å². The molecular weight excluding hydrogens is 331 g/mol. The molecule has 0 aromatic heterocycles. The SMILES string of the molecule is CCOP(=O)(CCC1(C)NC(=O)N(N2CCCCC2)C1=N)OCC. The van der Waals surface area contributed by atoms with Crippen LogP contribution in [0.4, 0.5) is 4.79 Å².